The average molecular weight is 323 g/mol. The Morgan fingerprint density at radius 1 is 1.35 bits per heavy atom. The molecule has 1 aromatic carbocycles. The van der Waals surface area contributed by atoms with Crippen LogP contribution in [-0.2, 0) is 0 Å². The molecular weight excluding hydrogens is 298 g/mol. The number of carbonyl (C=O) groups excluding carboxylic acids is 1. The number of ketones is 1. The van der Waals surface area contributed by atoms with Crippen molar-refractivity contribution in [1.29, 1.82) is 0 Å². The molecular formula is C17H25NO5. The van der Waals surface area contributed by atoms with Crippen molar-refractivity contribution < 1.29 is 24.5 Å². The highest BCUT2D eigenvalue weighted by Crippen LogP contribution is 2.28. The Balaban J connectivity index is 1.86. The summed E-state index contributed by atoms with van der Waals surface area (Å²) in [5.41, 5.74) is 0.557. The number of nitrogens with zero attached hydrogens (tertiary/aromatic N) is 1. The van der Waals surface area contributed by atoms with Crippen LogP contribution in [0.25, 0.3) is 0 Å². The van der Waals surface area contributed by atoms with Gasteiger partial charge in [0, 0.05) is 25.2 Å². The molecule has 0 bridgehead atoms. The Morgan fingerprint density at radius 3 is 2.65 bits per heavy atom. The van der Waals surface area contributed by atoms with E-state index in [1.165, 1.54) is 14.0 Å². The van der Waals surface area contributed by atoms with Crippen LogP contribution in [0.3, 0.4) is 0 Å². The smallest absolute Gasteiger partial charge is 0.161 e. The molecule has 6 nitrogen and oxygen atoms in total. The lowest BCUT2D eigenvalue weighted by Gasteiger charge is -2.30. The van der Waals surface area contributed by atoms with Crippen LogP contribution in [0.1, 0.15) is 30.1 Å². The molecule has 2 rings (SSSR count). The monoisotopic (exact) mass is 323 g/mol. The number of carbonyl (C=O) groups is 1. The van der Waals surface area contributed by atoms with Gasteiger partial charge in [-0.05, 0) is 38.0 Å². The molecule has 0 unspecified atom stereocenters. The summed E-state index contributed by atoms with van der Waals surface area (Å²) in [6, 6.07) is 4.99. The zero-order valence-electron chi connectivity index (χ0n) is 13.7. The molecule has 2 N–H and O–H groups in total. The fourth-order valence-corrected chi connectivity index (χ4v) is 2.64. The third kappa shape index (κ3) is 5.20. The zero-order valence-corrected chi connectivity index (χ0v) is 13.7. The van der Waals surface area contributed by atoms with Gasteiger partial charge in [-0.25, -0.2) is 0 Å². The number of piperidine rings is 1. The van der Waals surface area contributed by atoms with Crippen molar-refractivity contribution >= 4 is 5.78 Å². The SMILES string of the molecule is COc1cc(C(C)=O)ccc1OC[C@H](O)CN1CCC(O)CC1. The number of ether oxygens (including phenoxy) is 2. The van der Waals surface area contributed by atoms with Gasteiger partial charge >= 0.3 is 0 Å². The van der Waals surface area contributed by atoms with Gasteiger partial charge in [-0.1, -0.05) is 0 Å². The van der Waals surface area contributed by atoms with Gasteiger partial charge < -0.3 is 24.6 Å². The number of hydrogen-bond acceptors (Lipinski definition) is 6. The summed E-state index contributed by atoms with van der Waals surface area (Å²) >= 11 is 0. The summed E-state index contributed by atoms with van der Waals surface area (Å²) in [4.78, 5) is 13.5. The lowest BCUT2D eigenvalue weighted by atomic mass is 10.1. The molecule has 1 aliphatic heterocycles. The number of rotatable bonds is 7. The van der Waals surface area contributed by atoms with E-state index in [0.717, 1.165) is 25.9 Å². The van der Waals surface area contributed by atoms with Gasteiger partial charge in [0.1, 0.15) is 12.7 Å². The number of β-amino-alcohol motifs (C(OH)–C–C–N with tert-alkyl or cyclic N) is 1. The molecule has 1 atom stereocenters. The van der Waals surface area contributed by atoms with Gasteiger partial charge in [-0.3, -0.25) is 4.79 Å². The summed E-state index contributed by atoms with van der Waals surface area (Å²) in [7, 11) is 1.52. The third-order valence-electron chi connectivity index (χ3n) is 4.03. The number of hydrogen-bond donors (Lipinski definition) is 2. The van der Waals surface area contributed by atoms with E-state index < -0.39 is 6.10 Å². The quantitative estimate of drug-likeness (QED) is 0.732. The first-order valence-electron chi connectivity index (χ1n) is 7.90. The fourth-order valence-electron chi connectivity index (χ4n) is 2.64. The first-order chi connectivity index (χ1) is 11.0. The van der Waals surface area contributed by atoms with Crippen LogP contribution in [0.4, 0.5) is 0 Å². The number of benzene rings is 1. The van der Waals surface area contributed by atoms with E-state index in [4.69, 9.17) is 9.47 Å². The highest BCUT2D eigenvalue weighted by atomic mass is 16.5. The normalized spacial score (nSPS) is 17.7. The van der Waals surface area contributed by atoms with Crippen molar-refractivity contribution in [2.24, 2.45) is 0 Å². The third-order valence-corrected chi connectivity index (χ3v) is 4.03. The highest BCUT2D eigenvalue weighted by Gasteiger charge is 2.20. The van der Waals surface area contributed by atoms with E-state index in [1.807, 2.05) is 0 Å². The molecule has 0 aliphatic carbocycles. The van der Waals surface area contributed by atoms with E-state index >= 15 is 0 Å². The Morgan fingerprint density at radius 2 is 2.04 bits per heavy atom. The molecule has 0 radical (unpaired) electrons. The van der Waals surface area contributed by atoms with Crippen LogP contribution in [0.2, 0.25) is 0 Å². The zero-order chi connectivity index (χ0) is 16.8. The second-order valence-corrected chi connectivity index (χ2v) is 5.92. The van der Waals surface area contributed by atoms with E-state index in [-0.39, 0.29) is 18.5 Å². The molecule has 6 heteroatoms. The van der Waals surface area contributed by atoms with E-state index in [0.29, 0.717) is 23.6 Å². The van der Waals surface area contributed by atoms with Gasteiger partial charge in [0.05, 0.1) is 13.2 Å². The predicted octanol–water partition coefficient (Wildman–Crippen LogP) is 1.09. The number of likely N-dealkylation sites (tertiary alicyclic amines) is 1. The van der Waals surface area contributed by atoms with Crippen molar-refractivity contribution in [3.05, 3.63) is 23.8 Å². The number of aliphatic hydroxyl groups is 2. The van der Waals surface area contributed by atoms with Gasteiger partial charge in [0.25, 0.3) is 0 Å². The van der Waals surface area contributed by atoms with E-state index in [2.05, 4.69) is 4.90 Å². The van der Waals surface area contributed by atoms with Crippen LogP contribution in [-0.4, -0.2) is 66.5 Å². The van der Waals surface area contributed by atoms with Crippen molar-refractivity contribution in [1.82, 2.24) is 4.90 Å². The minimum Gasteiger partial charge on any atom is -0.493 e. The Labute approximate surface area is 136 Å². The molecule has 0 spiro atoms. The van der Waals surface area contributed by atoms with Crippen molar-refractivity contribution in [2.75, 3.05) is 33.4 Å². The summed E-state index contributed by atoms with van der Waals surface area (Å²) in [5.74, 6) is 0.943. The van der Waals surface area contributed by atoms with Gasteiger partial charge in [0.2, 0.25) is 0 Å². The summed E-state index contributed by atoms with van der Waals surface area (Å²) in [5, 5.41) is 19.6. The standard InChI is InChI=1S/C17H25NO5/c1-12(19)13-3-4-16(17(9-13)22-2)23-11-15(21)10-18-7-5-14(20)6-8-18/h3-4,9,14-15,20-21H,5-8,10-11H2,1-2H3/t15-/m1/s1. The summed E-state index contributed by atoms with van der Waals surface area (Å²) < 4.78 is 10.9. The first kappa shape index (κ1) is 17.7. The van der Waals surface area contributed by atoms with Crippen molar-refractivity contribution in [3.63, 3.8) is 0 Å². The molecule has 0 saturated carbocycles. The van der Waals surface area contributed by atoms with E-state index in [9.17, 15) is 15.0 Å². The maximum Gasteiger partial charge on any atom is 0.161 e. The van der Waals surface area contributed by atoms with Gasteiger partial charge in [-0.2, -0.15) is 0 Å². The van der Waals surface area contributed by atoms with E-state index in [1.54, 1.807) is 18.2 Å². The maximum atomic E-state index is 11.4. The van der Waals surface area contributed by atoms with Crippen molar-refractivity contribution in [3.8, 4) is 11.5 Å². The Kier molecular flexibility index (Phi) is 6.38. The molecule has 0 amide bonds. The Bertz CT molecular complexity index is 526. The second-order valence-electron chi connectivity index (χ2n) is 5.92. The summed E-state index contributed by atoms with van der Waals surface area (Å²) in [6.07, 6.45) is 0.646. The van der Waals surface area contributed by atoms with Crippen LogP contribution >= 0.6 is 0 Å². The van der Waals surface area contributed by atoms with Crippen molar-refractivity contribution in [2.45, 2.75) is 32.0 Å². The highest BCUT2D eigenvalue weighted by molar-refractivity contribution is 5.94. The van der Waals surface area contributed by atoms with Gasteiger partial charge in [0.15, 0.2) is 17.3 Å². The minimum atomic E-state index is -0.623. The van der Waals surface area contributed by atoms with Crippen LogP contribution in [0.5, 0.6) is 11.5 Å². The largest absolute Gasteiger partial charge is 0.493 e. The first-order valence-corrected chi connectivity index (χ1v) is 7.90. The predicted molar refractivity (Wildman–Crippen MR) is 86.2 cm³/mol. The molecule has 23 heavy (non-hydrogen) atoms. The number of aliphatic hydroxyl groups excluding tert-OH is 2. The lowest BCUT2D eigenvalue weighted by molar-refractivity contribution is 0.0333. The molecule has 0 aromatic heterocycles. The van der Waals surface area contributed by atoms with Crippen LogP contribution in [0.15, 0.2) is 18.2 Å². The Hall–Kier alpha value is -1.63. The summed E-state index contributed by atoms with van der Waals surface area (Å²) in [6.45, 7) is 3.73. The maximum absolute atomic E-state index is 11.4. The molecule has 1 fully saturated rings. The fraction of sp³-hybridized carbons (Fsp3) is 0.588. The molecule has 1 heterocycles. The number of methoxy groups -OCH3 is 1. The lowest BCUT2D eigenvalue weighted by Crippen LogP contribution is -2.41. The second kappa shape index (κ2) is 8.29. The number of Topliss-reactive ketones (excluding diaryl/α,β-unsaturated/α-hetero) is 1. The van der Waals surface area contributed by atoms with Crippen LogP contribution in [0, 0.1) is 0 Å². The molecule has 1 saturated heterocycles. The molecule has 1 aromatic rings. The van der Waals surface area contributed by atoms with Gasteiger partial charge in [-0.15, -0.1) is 0 Å². The molecule has 128 valence electrons. The molecule has 1 aliphatic rings. The van der Waals surface area contributed by atoms with Crippen LogP contribution < -0.4 is 9.47 Å². The minimum absolute atomic E-state index is 0.0397. The topological polar surface area (TPSA) is 79.2 Å². The average Bonchev–Trinajstić information content (AvgIpc) is 2.54.